The van der Waals surface area contributed by atoms with E-state index in [9.17, 15) is 19.5 Å². The van der Waals surface area contributed by atoms with Gasteiger partial charge in [0.25, 0.3) is 11.8 Å². The van der Waals surface area contributed by atoms with Crippen LogP contribution in [0.1, 0.15) is 57.8 Å². The molecule has 0 aliphatic carbocycles. The van der Waals surface area contributed by atoms with Gasteiger partial charge in [0.05, 0.1) is 11.3 Å². The van der Waals surface area contributed by atoms with Gasteiger partial charge in [-0.2, -0.15) is 0 Å². The van der Waals surface area contributed by atoms with E-state index < -0.39 is 29.2 Å². The molecule has 0 radical (unpaired) electrons. The van der Waals surface area contributed by atoms with E-state index in [2.05, 4.69) is 5.32 Å². The van der Waals surface area contributed by atoms with Crippen LogP contribution in [0.25, 0.3) is 0 Å². The molecule has 1 atom stereocenters. The van der Waals surface area contributed by atoms with E-state index in [0.717, 1.165) is 12.8 Å². The first-order valence-corrected chi connectivity index (χ1v) is 11.3. The fraction of sp³-hybridized carbons (Fsp3) is 0.625. The fourth-order valence-corrected chi connectivity index (χ4v) is 4.13. The first kappa shape index (κ1) is 24.8. The number of carbonyl (C=O) groups is 3. The number of likely N-dealkylation sites (N-methyl/N-ethyl adjacent to an activating group) is 1. The largest absolute Gasteiger partial charge is 0.487 e. The summed E-state index contributed by atoms with van der Waals surface area (Å²) in [4.78, 5) is 41.3. The van der Waals surface area contributed by atoms with Gasteiger partial charge >= 0.3 is 6.09 Å². The molecule has 0 saturated carbocycles. The second-order valence-electron chi connectivity index (χ2n) is 10.4. The first-order valence-electron chi connectivity index (χ1n) is 11.3. The number of anilines is 1. The highest BCUT2D eigenvalue weighted by atomic mass is 16.6. The zero-order chi connectivity index (χ0) is 24.6. The Morgan fingerprint density at radius 3 is 2.36 bits per heavy atom. The Kier molecular flexibility index (Phi) is 6.93. The van der Waals surface area contributed by atoms with Gasteiger partial charge in [-0.05, 0) is 71.6 Å². The molecule has 1 fully saturated rings. The van der Waals surface area contributed by atoms with Gasteiger partial charge in [0.2, 0.25) is 6.10 Å². The van der Waals surface area contributed by atoms with Crippen molar-refractivity contribution in [1.29, 1.82) is 0 Å². The molecule has 182 valence electrons. The van der Waals surface area contributed by atoms with E-state index in [1.165, 1.54) is 4.90 Å². The summed E-state index contributed by atoms with van der Waals surface area (Å²) in [5, 5.41) is 12.9. The standard InChI is InChI=1S/C24H35N3O6/c1-23(2,3)25-22(30)33-19-14-32-18-8-7-15(13-17(18)26(6)21(19)29)20(28)27-11-9-16(10-12-27)24(4,5)31/h7-8,13,16,19,31H,9-12,14H2,1-6H3,(H,25,30)/t19-/m0/s1. The number of hydrogen-bond donors (Lipinski definition) is 2. The Balaban J connectivity index is 1.71. The molecule has 2 N–H and O–H groups in total. The number of rotatable bonds is 3. The van der Waals surface area contributed by atoms with Crippen LogP contribution >= 0.6 is 0 Å². The van der Waals surface area contributed by atoms with Crippen LogP contribution in [-0.4, -0.2) is 71.9 Å². The zero-order valence-corrected chi connectivity index (χ0v) is 20.3. The third-order valence-electron chi connectivity index (χ3n) is 6.07. The molecule has 2 heterocycles. The van der Waals surface area contributed by atoms with Gasteiger partial charge in [-0.1, -0.05) is 0 Å². The van der Waals surface area contributed by atoms with Crippen molar-refractivity contribution in [1.82, 2.24) is 10.2 Å². The zero-order valence-electron chi connectivity index (χ0n) is 20.3. The minimum absolute atomic E-state index is 0.120. The average molecular weight is 462 g/mol. The number of likely N-dealkylation sites (tertiary alicyclic amines) is 1. The van der Waals surface area contributed by atoms with E-state index in [1.54, 1.807) is 44.0 Å². The molecule has 1 saturated heterocycles. The van der Waals surface area contributed by atoms with Crippen molar-refractivity contribution in [2.45, 2.75) is 64.7 Å². The van der Waals surface area contributed by atoms with Crippen molar-refractivity contribution in [3.63, 3.8) is 0 Å². The van der Waals surface area contributed by atoms with Crippen LogP contribution in [0.5, 0.6) is 5.75 Å². The smallest absolute Gasteiger partial charge is 0.408 e. The Labute approximate surface area is 195 Å². The van der Waals surface area contributed by atoms with Crippen molar-refractivity contribution in [2.75, 3.05) is 31.6 Å². The molecule has 33 heavy (non-hydrogen) atoms. The highest BCUT2D eigenvalue weighted by molar-refractivity contribution is 6.01. The predicted molar refractivity (Wildman–Crippen MR) is 123 cm³/mol. The third-order valence-corrected chi connectivity index (χ3v) is 6.07. The monoisotopic (exact) mass is 461 g/mol. The quantitative estimate of drug-likeness (QED) is 0.716. The van der Waals surface area contributed by atoms with Gasteiger partial charge in [0.15, 0.2) is 0 Å². The highest BCUT2D eigenvalue weighted by Gasteiger charge is 2.35. The number of fused-ring (bicyclic) bond motifs is 1. The summed E-state index contributed by atoms with van der Waals surface area (Å²) in [6, 6.07) is 4.97. The molecule has 0 bridgehead atoms. The minimum atomic E-state index is -1.11. The molecule has 3 rings (SSSR count). The minimum Gasteiger partial charge on any atom is -0.487 e. The summed E-state index contributed by atoms with van der Waals surface area (Å²) in [5.41, 5.74) is -0.373. The first-order chi connectivity index (χ1) is 15.3. The number of carbonyl (C=O) groups excluding carboxylic acids is 3. The lowest BCUT2D eigenvalue weighted by Crippen LogP contribution is -2.47. The lowest BCUT2D eigenvalue weighted by molar-refractivity contribution is -0.127. The number of nitrogens with zero attached hydrogens (tertiary/aromatic N) is 2. The van der Waals surface area contributed by atoms with Crippen LogP contribution in [0.3, 0.4) is 0 Å². The molecule has 2 aliphatic rings. The van der Waals surface area contributed by atoms with Crippen molar-refractivity contribution in [3.8, 4) is 5.75 Å². The third kappa shape index (κ3) is 5.96. The molecule has 0 unspecified atom stereocenters. The Morgan fingerprint density at radius 1 is 1.15 bits per heavy atom. The summed E-state index contributed by atoms with van der Waals surface area (Å²) in [5.74, 6) is 0.0199. The van der Waals surface area contributed by atoms with E-state index >= 15 is 0 Å². The summed E-state index contributed by atoms with van der Waals surface area (Å²) in [7, 11) is 1.57. The lowest BCUT2D eigenvalue weighted by Gasteiger charge is -2.37. The molecule has 0 spiro atoms. The molecule has 2 aliphatic heterocycles. The van der Waals surface area contributed by atoms with Crippen molar-refractivity contribution in [2.24, 2.45) is 5.92 Å². The number of nitrogens with one attached hydrogen (secondary N) is 1. The molecular weight excluding hydrogens is 426 g/mol. The lowest BCUT2D eigenvalue weighted by atomic mass is 9.83. The second kappa shape index (κ2) is 9.21. The van der Waals surface area contributed by atoms with Gasteiger partial charge in [-0.3, -0.25) is 9.59 Å². The number of benzene rings is 1. The Morgan fingerprint density at radius 2 is 1.79 bits per heavy atom. The van der Waals surface area contributed by atoms with Gasteiger partial charge < -0.3 is 29.7 Å². The second-order valence-corrected chi connectivity index (χ2v) is 10.4. The maximum absolute atomic E-state index is 13.1. The van der Waals surface area contributed by atoms with E-state index in [4.69, 9.17) is 9.47 Å². The van der Waals surface area contributed by atoms with Crippen LogP contribution < -0.4 is 15.0 Å². The molecule has 9 nitrogen and oxygen atoms in total. The summed E-state index contributed by atoms with van der Waals surface area (Å²) < 4.78 is 11.1. The fourth-order valence-electron chi connectivity index (χ4n) is 4.13. The maximum Gasteiger partial charge on any atom is 0.408 e. The number of ether oxygens (including phenoxy) is 2. The number of piperidine rings is 1. The molecular formula is C24H35N3O6. The van der Waals surface area contributed by atoms with Gasteiger partial charge in [0.1, 0.15) is 12.4 Å². The summed E-state index contributed by atoms with van der Waals surface area (Å²) in [6.45, 7) is 10.1. The predicted octanol–water partition coefficient (Wildman–Crippen LogP) is 2.56. The Bertz CT molecular complexity index is 910. The van der Waals surface area contributed by atoms with E-state index in [0.29, 0.717) is 30.1 Å². The topological polar surface area (TPSA) is 108 Å². The van der Waals surface area contributed by atoms with Crippen LogP contribution in [-0.2, 0) is 9.53 Å². The number of amides is 3. The highest BCUT2D eigenvalue weighted by Crippen LogP contribution is 2.33. The molecule has 9 heteroatoms. The van der Waals surface area contributed by atoms with Gasteiger partial charge in [0, 0.05) is 31.2 Å². The number of hydrogen-bond acceptors (Lipinski definition) is 6. The SMILES string of the molecule is CN1C(=O)[C@@H](OC(=O)NC(C)(C)C)COc2ccc(C(=O)N3CCC(C(C)(C)O)CC3)cc21. The molecule has 1 aromatic carbocycles. The summed E-state index contributed by atoms with van der Waals surface area (Å²) in [6.07, 6.45) is -0.340. The average Bonchev–Trinajstić information content (AvgIpc) is 2.83. The number of aliphatic hydroxyl groups is 1. The van der Waals surface area contributed by atoms with Crippen molar-refractivity contribution in [3.05, 3.63) is 23.8 Å². The Hall–Kier alpha value is -2.81. The van der Waals surface area contributed by atoms with E-state index in [-0.39, 0.29) is 18.4 Å². The number of alkyl carbamates (subject to hydrolysis) is 1. The van der Waals surface area contributed by atoms with Crippen LogP contribution in [0, 0.1) is 5.92 Å². The van der Waals surface area contributed by atoms with Gasteiger partial charge in [-0.25, -0.2) is 4.79 Å². The molecule has 1 aromatic rings. The van der Waals surface area contributed by atoms with Gasteiger partial charge in [-0.15, -0.1) is 0 Å². The molecule has 0 aromatic heterocycles. The van der Waals surface area contributed by atoms with Crippen LogP contribution in [0.4, 0.5) is 10.5 Å². The maximum atomic E-state index is 13.1. The van der Waals surface area contributed by atoms with Crippen molar-refractivity contribution < 1.29 is 29.0 Å². The summed E-state index contributed by atoms with van der Waals surface area (Å²) >= 11 is 0. The van der Waals surface area contributed by atoms with E-state index in [1.807, 2.05) is 20.8 Å². The normalized spacial score (nSPS) is 20.0. The van der Waals surface area contributed by atoms with Crippen molar-refractivity contribution >= 4 is 23.6 Å². The van der Waals surface area contributed by atoms with Crippen LogP contribution in [0.15, 0.2) is 18.2 Å². The van der Waals surface area contributed by atoms with Crippen LogP contribution in [0.2, 0.25) is 0 Å². The molecule has 3 amide bonds.